The van der Waals surface area contributed by atoms with Crippen LogP contribution in [-0.4, -0.2) is 137 Å². The number of methoxy groups -OCH3 is 2. The molecule has 2 aliphatic heterocycles. The number of amides is 5. The summed E-state index contributed by atoms with van der Waals surface area (Å²) in [5.74, 6) is -2.49. The fraction of sp³-hybridized carbons (Fsp3) is 0.636. The molecule has 2 aliphatic rings. The zero-order valence-electron chi connectivity index (χ0n) is 43.9. The first-order valence-electron chi connectivity index (χ1n) is 25.7. The summed E-state index contributed by atoms with van der Waals surface area (Å²) in [5.41, 5.74) is 1.89. The monoisotopic (exact) mass is 985 g/mol. The molecule has 0 unspecified atom stereocenters. The van der Waals surface area contributed by atoms with Crippen LogP contribution in [0.3, 0.4) is 0 Å². The quantitative estimate of drug-likeness (QED) is 0.0490. The SMILES string of the molecule is CC[C@H](C)[C@@H]([C@@H](CC(=O)N1CCC[C@H]1[C@H](OC)[C@@H](C)C(=O)C[C@@H](Cc1ccccc1)C(C)=O)OC)N(C)C(=O)[C@@H](Cc1ncc(C(=O)CCCNC(=O)CCCCCN2C(=O)C=CC2=O)c(C)n1)C(C)C. The highest BCUT2D eigenvalue weighted by Crippen LogP contribution is 2.32. The average molecular weight is 985 g/mol. The van der Waals surface area contributed by atoms with E-state index < -0.39 is 36.0 Å². The van der Waals surface area contributed by atoms with Crippen molar-refractivity contribution in [3.63, 3.8) is 0 Å². The van der Waals surface area contributed by atoms with Crippen molar-refractivity contribution in [1.29, 1.82) is 0 Å². The Hall–Kier alpha value is -5.48. The summed E-state index contributed by atoms with van der Waals surface area (Å²) in [4.78, 5) is 118. The van der Waals surface area contributed by atoms with Crippen LogP contribution in [0.4, 0.5) is 0 Å². The predicted molar refractivity (Wildman–Crippen MR) is 270 cm³/mol. The second kappa shape index (κ2) is 28.5. The molecule has 1 aromatic carbocycles. The van der Waals surface area contributed by atoms with Crippen LogP contribution in [0.25, 0.3) is 0 Å². The molecule has 0 spiro atoms. The molecule has 0 saturated carbocycles. The average Bonchev–Trinajstić information content (AvgIpc) is 3.96. The Bertz CT molecular complexity index is 2160. The molecule has 1 aromatic heterocycles. The highest BCUT2D eigenvalue weighted by molar-refractivity contribution is 6.12. The van der Waals surface area contributed by atoms with Gasteiger partial charge >= 0.3 is 0 Å². The van der Waals surface area contributed by atoms with E-state index in [2.05, 4.69) is 22.2 Å². The van der Waals surface area contributed by atoms with E-state index >= 15 is 0 Å². The molecule has 4 rings (SSSR count). The van der Waals surface area contributed by atoms with E-state index in [1.165, 1.54) is 30.2 Å². The number of nitrogens with zero attached hydrogens (tertiary/aromatic N) is 5. The molecule has 0 radical (unpaired) electrons. The minimum Gasteiger partial charge on any atom is -0.379 e. The third kappa shape index (κ3) is 16.5. The Balaban J connectivity index is 1.33. The van der Waals surface area contributed by atoms with Crippen molar-refractivity contribution in [3.05, 3.63) is 71.3 Å². The molecule has 16 heteroatoms. The van der Waals surface area contributed by atoms with E-state index in [4.69, 9.17) is 9.47 Å². The summed E-state index contributed by atoms with van der Waals surface area (Å²) in [5, 5.41) is 2.85. The molecule has 5 amide bonds. The molecule has 3 heterocycles. The summed E-state index contributed by atoms with van der Waals surface area (Å²) in [6.07, 6.45) is 8.66. The van der Waals surface area contributed by atoms with Gasteiger partial charge in [0, 0.05) is 103 Å². The Morgan fingerprint density at radius 1 is 0.887 bits per heavy atom. The third-order valence-corrected chi connectivity index (χ3v) is 14.6. The van der Waals surface area contributed by atoms with Gasteiger partial charge in [0.1, 0.15) is 17.4 Å². The van der Waals surface area contributed by atoms with E-state index in [0.29, 0.717) is 81.7 Å². The number of benzene rings is 1. The van der Waals surface area contributed by atoms with Crippen molar-refractivity contribution in [3.8, 4) is 0 Å². The second-order valence-electron chi connectivity index (χ2n) is 19.9. The van der Waals surface area contributed by atoms with Crippen LogP contribution >= 0.6 is 0 Å². The number of aryl methyl sites for hydroxylation is 1. The highest BCUT2D eigenvalue weighted by atomic mass is 16.5. The van der Waals surface area contributed by atoms with Crippen LogP contribution in [-0.2, 0) is 55.9 Å². The number of nitrogens with one attached hydrogen (secondary N) is 1. The third-order valence-electron chi connectivity index (χ3n) is 14.6. The Kier molecular flexibility index (Phi) is 23.3. The van der Waals surface area contributed by atoms with E-state index in [-0.39, 0.29) is 90.4 Å². The topological polar surface area (TPSA) is 203 Å². The number of Topliss-reactive ketones (excluding diaryl/α,β-unsaturated/α-hetero) is 3. The maximum Gasteiger partial charge on any atom is 0.253 e. The number of ether oxygens (including phenoxy) is 2. The maximum absolute atomic E-state index is 14.6. The summed E-state index contributed by atoms with van der Waals surface area (Å²) < 4.78 is 12.1. The largest absolute Gasteiger partial charge is 0.379 e. The molecule has 71 heavy (non-hydrogen) atoms. The number of carbonyl (C=O) groups is 8. The number of rotatable bonds is 31. The normalized spacial score (nSPS) is 17.7. The van der Waals surface area contributed by atoms with Gasteiger partial charge in [0.15, 0.2) is 5.78 Å². The van der Waals surface area contributed by atoms with Crippen molar-refractivity contribution < 1.29 is 47.8 Å². The molecular weight excluding hydrogens is 905 g/mol. The van der Waals surface area contributed by atoms with Gasteiger partial charge in [-0.1, -0.05) is 77.8 Å². The number of hydrogen-bond acceptors (Lipinski definition) is 12. The summed E-state index contributed by atoms with van der Waals surface area (Å²) in [6, 6.07) is 8.87. The van der Waals surface area contributed by atoms with Crippen molar-refractivity contribution in [2.45, 2.75) is 156 Å². The van der Waals surface area contributed by atoms with E-state index in [1.807, 2.05) is 62.9 Å². The first-order valence-corrected chi connectivity index (χ1v) is 25.7. The van der Waals surface area contributed by atoms with Crippen LogP contribution in [0.5, 0.6) is 0 Å². The zero-order chi connectivity index (χ0) is 52.4. The molecule has 390 valence electrons. The summed E-state index contributed by atoms with van der Waals surface area (Å²) in [7, 11) is 4.90. The molecule has 1 N–H and O–H groups in total. The van der Waals surface area contributed by atoms with Gasteiger partial charge in [-0.25, -0.2) is 9.97 Å². The maximum atomic E-state index is 14.6. The molecular formula is C55H80N6O10. The number of unbranched alkanes of at least 4 members (excludes halogenated alkanes) is 2. The predicted octanol–water partition coefficient (Wildman–Crippen LogP) is 6.49. The van der Waals surface area contributed by atoms with Crippen molar-refractivity contribution in [2.24, 2.45) is 29.6 Å². The smallest absolute Gasteiger partial charge is 0.253 e. The minimum atomic E-state index is -0.636. The van der Waals surface area contributed by atoms with Crippen molar-refractivity contribution in [2.75, 3.05) is 40.9 Å². The number of ketones is 3. The zero-order valence-corrected chi connectivity index (χ0v) is 43.9. The number of carbonyl (C=O) groups excluding carboxylic acids is 8. The first-order chi connectivity index (χ1) is 33.8. The van der Waals surface area contributed by atoms with Crippen LogP contribution in [0.2, 0.25) is 0 Å². The lowest BCUT2D eigenvalue weighted by Crippen LogP contribution is -2.54. The van der Waals surface area contributed by atoms with E-state index in [0.717, 1.165) is 18.4 Å². The van der Waals surface area contributed by atoms with Crippen LogP contribution in [0, 0.1) is 36.5 Å². The molecule has 8 atom stereocenters. The number of likely N-dealkylation sites (tertiary alicyclic amines) is 1. The van der Waals surface area contributed by atoms with Crippen LogP contribution in [0.1, 0.15) is 140 Å². The minimum absolute atomic E-state index is 0.0193. The molecule has 0 aliphatic carbocycles. The highest BCUT2D eigenvalue weighted by Gasteiger charge is 2.43. The lowest BCUT2D eigenvalue weighted by molar-refractivity contribution is -0.148. The van der Waals surface area contributed by atoms with E-state index in [9.17, 15) is 38.4 Å². The molecule has 0 bridgehead atoms. The van der Waals surface area contributed by atoms with Gasteiger partial charge in [-0.3, -0.25) is 43.3 Å². The number of likely N-dealkylation sites (N-methyl/N-ethyl adjacent to an activating group) is 1. The fourth-order valence-corrected chi connectivity index (χ4v) is 10.1. The molecule has 16 nitrogen and oxygen atoms in total. The second-order valence-corrected chi connectivity index (χ2v) is 19.9. The van der Waals surface area contributed by atoms with Gasteiger partial charge in [-0.15, -0.1) is 0 Å². The van der Waals surface area contributed by atoms with Crippen LogP contribution < -0.4 is 5.32 Å². The molecule has 1 fully saturated rings. The molecule has 1 saturated heterocycles. The lowest BCUT2D eigenvalue weighted by atomic mass is 9.84. The lowest BCUT2D eigenvalue weighted by Gasteiger charge is -2.40. The van der Waals surface area contributed by atoms with Crippen LogP contribution in [0.15, 0.2) is 48.7 Å². The van der Waals surface area contributed by atoms with Gasteiger partial charge in [0.05, 0.1) is 42.0 Å². The first kappa shape index (κ1) is 58.1. The van der Waals surface area contributed by atoms with Gasteiger partial charge in [0.2, 0.25) is 17.7 Å². The number of hydrogen-bond donors (Lipinski definition) is 1. The fourth-order valence-electron chi connectivity index (χ4n) is 10.1. The summed E-state index contributed by atoms with van der Waals surface area (Å²) in [6.45, 7) is 14.3. The Morgan fingerprint density at radius 2 is 1.58 bits per heavy atom. The number of imide groups is 1. The van der Waals surface area contributed by atoms with Crippen molar-refractivity contribution >= 4 is 46.9 Å². The summed E-state index contributed by atoms with van der Waals surface area (Å²) >= 11 is 0. The Morgan fingerprint density at radius 3 is 2.18 bits per heavy atom. The van der Waals surface area contributed by atoms with E-state index in [1.54, 1.807) is 33.1 Å². The van der Waals surface area contributed by atoms with Crippen molar-refractivity contribution in [1.82, 2.24) is 30.0 Å². The van der Waals surface area contributed by atoms with Gasteiger partial charge in [-0.2, -0.15) is 0 Å². The molecule has 2 aromatic rings. The van der Waals surface area contributed by atoms with Gasteiger partial charge in [0.25, 0.3) is 11.8 Å². The Labute approximate surface area is 421 Å². The number of aromatic nitrogens is 2. The standard InChI is InChI=1S/C55H80N6O10/c1-11-36(4)53(47(70-9)33-52(68)60-29-19-22-44(60)54(71-10)37(5)46(64)31-41(39(7)62)30-40-20-14-12-15-21-40)59(8)55(69)42(35(2)3)32-48-57-34-43(38(6)58-48)45(63)23-18-27-56-49(65)24-16-13-17-28-61-50(66)25-26-51(61)67/h12,14-15,20-21,25-26,34-37,41-42,44,47,53-54H,11,13,16-19,22-24,27-33H2,1-10H3,(H,56,65)/t36-,37-,41+,42-,44-,47+,53-,54+/m0/s1. The van der Waals surface area contributed by atoms with Gasteiger partial charge in [-0.05, 0) is 69.8 Å². The van der Waals surface area contributed by atoms with Gasteiger partial charge < -0.3 is 24.6 Å².